The number of hydrogen-bond donors (Lipinski definition) is 5. The topological polar surface area (TPSA) is 136 Å². The number of piperidine rings is 1. The van der Waals surface area contributed by atoms with E-state index in [0.717, 1.165) is 57.7 Å². The molecule has 0 saturated carbocycles. The summed E-state index contributed by atoms with van der Waals surface area (Å²) in [6.07, 6.45) is 0.370. The molecule has 43 heavy (non-hydrogen) atoms. The minimum atomic E-state index is -1.18. The lowest BCUT2D eigenvalue weighted by Gasteiger charge is -2.44. The number of aromatic hydroxyl groups is 1. The molecule has 5 rings (SSSR count). The molecule has 232 valence electrons. The molecule has 3 aromatic rings. The third kappa shape index (κ3) is 7.94. The number of pyridine rings is 1. The Morgan fingerprint density at radius 1 is 1.14 bits per heavy atom. The Labute approximate surface area is 252 Å². The Hall–Kier alpha value is -3.44. The molecule has 0 aliphatic carbocycles. The number of benzene rings is 2. The zero-order valence-electron chi connectivity index (χ0n) is 25.1. The van der Waals surface area contributed by atoms with Gasteiger partial charge in [0, 0.05) is 50.7 Å². The number of rotatable bonds is 10. The maximum absolute atomic E-state index is 12.7. The molecule has 10 heteroatoms. The summed E-state index contributed by atoms with van der Waals surface area (Å²) >= 11 is 0. The predicted molar refractivity (Wildman–Crippen MR) is 165 cm³/mol. The summed E-state index contributed by atoms with van der Waals surface area (Å²) in [5.74, 6) is 0.147. The summed E-state index contributed by atoms with van der Waals surface area (Å²) in [5, 5.41) is 28.6. The Morgan fingerprint density at radius 3 is 2.67 bits per heavy atom. The third-order valence-electron chi connectivity index (χ3n) is 8.51. The maximum Gasteiger partial charge on any atom is 0.407 e. The van der Waals surface area contributed by atoms with Gasteiger partial charge in [0.15, 0.2) is 0 Å². The number of aliphatic hydroxyl groups excluding tert-OH is 1. The number of fused-ring (bicyclic) bond motifs is 1. The Bertz CT molecular complexity index is 1440. The number of hydrogen-bond acceptors (Lipinski definition) is 8. The molecule has 1 spiro atoms. The van der Waals surface area contributed by atoms with Crippen molar-refractivity contribution in [2.75, 3.05) is 39.3 Å². The van der Waals surface area contributed by atoms with E-state index in [-0.39, 0.29) is 28.3 Å². The summed E-state index contributed by atoms with van der Waals surface area (Å²) in [5.41, 5.74) is 2.62. The largest absolute Gasteiger partial charge is 0.506 e. The number of morpholine rings is 1. The van der Waals surface area contributed by atoms with Gasteiger partial charge < -0.3 is 35.3 Å². The Morgan fingerprint density at radius 2 is 1.93 bits per heavy atom. The van der Waals surface area contributed by atoms with E-state index in [1.165, 1.54) is 17.7 Å². The van der Waals surface area contributed by atoms with E-state index in [1.807, 2.05) is 13.8 Å². The first kappa shape index (κ1) is 31.0. The van der Waals surface area contributed by atoms with Gasteiger partial charge in [0.2, 0.25) is 5.56 Å². The van der Waals surface area contributed by atoms with E-state index < -0.39 is 18.3 Å². The number of alkyl carbamates (subject to hydrolysis) is 1. The van der Waals surface area contributed by atoms with Gasteiger partial charge in [-0.3, -0.25) is 9.69 Å². The highest BCUT2D eigenvalue weighted by molar-refractivity contribution is 5.87. The maximum atomic E-state index is 12.7. The number of carbonyl (C=O) groups excluding carboxylic acids is 1. The quantitative estimate of drug-likeness (QED) is 0.241. The molecule has 10 nitrogen and oxygen atoms in total. The first-order valence-corrected chi connectivity index (χ1v) is 15.3. The van der Waals surface area contributed by atoms with Crippen molar-refractivity contribution in [2.45, 2.75) is 63.9 Å². The second kappa shape index (κ2) is 13.9. The summed E-state index contributed by atoms with van der Waals surface area (Å²) in [6, 6.07) is 14.4. The fourth-order valence-electron chi connectivity index (χ4n) is 6.06. The van der Waals surface area contributed by atoms with Crippen LogP contribution in [0, 0.1) is 5.92 Å². The molecular formula is C33H44N4O6. The van der Waals surface area contributed by atoms with Crippen LogP contribution in [-0.2, 0) is 22.4 Å². The monoisotopic (exact) mass is 592 g/mol. The van der Waals surface area contributed by atoms with Crippen molar-refractivity contribution in [1.82, 2.24) is 20.5 Å². The molecule has 1 aromatic heterocycles. The molecule has 2 unspecified atom stereocenters. The Balaban J connectivity index is 1.27. The molecule has 2 aliphatic heterocycles. The van der Waals surface area contributed by atoms with Crippen LogP contribution in [-0.4, -0.2) is 77.2 Å². The summed E-state index contributed by atoms with van der Waals surface area (Å²) < 4.78 is 11.9. The average molecular weight is 593 g/mol. The number of carbonyl (C=O) groups is 1. The van der Waals surface area contributed by atoms with E-state index >= 15 is 0 Å². The molecule has 3 heterocycles. The number of aliphatic hydroxyl groups is 1. The van der Waals surface area contributed by atoms with Gasteiger partial charge in [0.25, 0.3) is 0 Å². The van der Waals surface area contributed by atoms with Gasteiger partial charge in [-0.1, -0.05) is 44.2 Å². The van der Waals surface area contributed by atoms with Crippen molar-refractivity contribution >= 4 is 17.0 Å². The number of amides is 1. The van der Waals surface area contributed by atoms with E-state index in [4.69, 9.17) is 9.47 Å². The third-order valence-corrected chi connectivity index (χ3v) is 8.51. The molecule has 2 fully saturated rings. The van der Waals surface area contributed by atoms with Crippen molar-refractivity contribution in [3.05, 3.63) is 75.6 Å². The normalized spacial score (nSPS) is 18.5. The molecule has 2 aliphatic rings. The first-order chi connectivity index (χ1) is 20.7. The van der Waals surface area contributed by atoms with Crippen molar-refractivity contribution in [3.8, 4) is 5.75 Å². The van der Waals surface area contributed by atoms with Gasteiger partial charge in [-0.2, -0.15) is 0 Å². The molecule has 0 radical (unpaired) electrons. The van der Waals surface area contributed by atoms with Gasteiger partial charge in [0.1, 0.15) is 18.0 Å². The predicted octanol–water partition coefficient (Wildman–Crippen LogP) is 3.61. The van der Waals surface area contributed by atoms with Crippen LogP contribution in [0.5, 0.6) is 5.75 Å². The van der Waals surface area contributed by atoms with E-state index in [0.29, 0.717) is 30.3 Å². The van der Waals surface area contributed by atoms with Crippen LogP contribution in [0.25, 0.3) is 10.9 Å². The number of likely N-dealkylation sites (tertiary alicyclic amines) is 1. The van der Waals surface area contributed by atoms with Gasteiger partial charge in [-0.15, -0.1) is 0 Å². The minimum Gasteiger partial charge on any atom is -0.506 e. The van der Waals surface area contributed by atoms with Crippen molar-refractivity contribution in [3.63, 3.8) is 0 Å². The fraction of sp³-hybridized carbons (Fsp3) is 0.515. The number of H-pyrrole nitrogens is 1. The number of nitrogens with one attached hydrogen (secondary N) is 3. The zero-order valence-corrected chi connectivity index (χ0v) is 25.1. The van der Waals surface area contributed by atoms with Gasteiger partial charge in [-0.25, -0.2) is 4.79 Å². The standard InChI is InChI=1S/C33H44N4O6/c1-22(2)19-35-32(41)43-28(31(40)26-7-9-27(38)30-25(26)8-11-29(39)36-30)10-6-23-4-3-5-24(18-23)20-37-15-12-33(13-16-37)21-34-14-17-42-33/h3-5,7-9,11,18,22,28,31,34,38,40H,6,10,12-17,19-21H2,1-2H3,(H,35,41)(H,36,39). The van der Waals surface area contributed by atoms with Gasteiger partial charge in [0.05, 0.1) is 17.7 Å². The molecule has 5 N–H and O–H groups in total. The molecular weight excluding hydrogens is 548 g/mol. The van der Waals surface area contributed by atoms with Crippen LogP contribution in [0.1, 0.15) is 55.9 Å². The van der Waals surface area contributed by atoms with Gasteiger partial charge >= 0.3 is 6.09 Å². The SMILES string of the molecule is CC(C)CNC(=O)OC(CCc1cccc(CN2CCC3(CC2)CNCCO3)c1)C(O)c1ccc(O)c2[nH]c(=O)ccc12. The molecule has 2 atom stereocenters. The summed E-state index contributed by atoms with van der Waals surface area (Å²) in [7, 11) is 0. The highest BCUT2D eigenvalue weighted by Gasteiger charge is 2.36. The van der Waals surface area contributed by atoms with Crippen LogP contribution in [0.2, 0.25) is 0 Å². The molecule has 1 amide bonds. The zero-order chi connectivity index (χ0) is 30.4. The van der Waals surface area contributed by atoms with Crippen LogP contribution < -0.4 is 16.2 Å². The number of aromatic amines is 1. The lowest BCUT2D eigenvalue weighted by Crippen LogP contribution is -2.55. The molecule has 0 bridgehead atoms. The van der Waals surface area contributed by atoms with Crippen LogP contribution in [0.3, 0.4) is 0 Å². The molecule has 2 saturated heterocycles. The second-order valence-electron chi connectivity index (χ2n) is 12.3. The number of phenols is 1. The lowest BCUT2D eigenvalue weighted by molar-refractivity contribution is -0.100. The van der Waals surface area contributed by atoms with Crippen molar-refractivity contribution in [2.24, 2.45) is 5.92 Å². The average Bonchev–Trinajstić information content (AvgIpc) is 3.00. The smallest absolute Gasteiger partial charge is 0.407 e. The van der Waals surface area contributed by atoms with E-state index in [2.05, 4.69) is 44.8 Å². The van der Waals surface area contributed by atoms with Crippen LogP contribution in [0.15, 0.2) is 53.3 Å². The highest BCUT2D eigenvalue weighted by Crippen LogP contribution is 2.33. The van der Waals surface area contributed by atoms with E-state index in [9.17, 15) is 19.8 Å². The Kier molecular flexibility index (Phi) is 10.0. The van der Waals surface area contributed by atoms with Crippen molar-refractivity contribution < 1.29 is 24.5 Å². The first-order valence-electron chi connectivity index (χ1n) is 15.3. The number of nitrogens with zero attached hydrogens (tertiary/aromatic N) is 1. The van der Waals surface area contributed by atoms with Crippen LogP contribution in [0.4, 0.5) is 4.79 Å². The number of ether oxygens (including phenoxy) is 2. The lowest BCUT2D eigenvalue weighted by atomic mass is 9.89. The van der Waals surface area contributed by atoms with Crippen molar-refractivity contribution in [1.29, 1.82) is 0 Å². The number of aryl methyl sites for hydroxylation is 1. The number of phenolic OH excluding ortho intramolecular Hbond substituents is 1. The van der Waals surface area contributed by atoms with Gasteiger partial charge in [-0.05, 0) is 60.4 Å². The van der Waals surface area contributed by atoms with E-state index in [1.54, 1.807) is 12.1 Å². The van der Waals surface area contributed by atoms with Crippen LogP contribution >= 0.6 is 0 Å². The highest BCUT2D eigenvalue weighted by atomic mass is 16.6. The minimum absolute atomic E-state index is 0.0218. The fourth-order valence-corrected chi connectivity index (χ4v) is 6.06. The molecule has 2 aromatic carbocycles. The summed E-state index contributed by atoms with van der Waals surface area (Å²) in [6.45, 7) is 9.91. The summed E-state index contributed by atoms with van der Waals surface area (Å²) in [4.78, 5) is 29.7. The second-order valence-corrected chi connectivity index (χ2v) is 12.3. The number of aromatic nitrogens is 1.